The highest BCUT2D eigenvalue weighted by Gasteiger charge is 2.12. The Morgan fingerprint density at radius 2 is 2.29 bits per heavy atom. The molecule has 0 spiro atoms. The molecule has 4 nitrogen and oxygen atoms in total. The Hall–Kier alpha value is -1.97. The van der Waals surface area contributed by atoms with Gasteiger partial charge in [-0.3, -0.25) is 0 Å². The van der Waals surface area contributed by atoms with Gasteiger partial charge in [0, 0.05) is 23.2 Å². The number of hydrogen-bond acceptors (Lipinski definition) is 2. The van der Waals surface area contributed by atoms with Crippen molar-refractivity contribution in [1.82, 2.24) is 4.98 Å². The molecule has 0 amide bonds. The Labute approximate surface area is 80.1 Å². The number of carbonyl (C=O) groups is 1. The first kappa shape index (κ1) is 8.62. The van der Waals surface area contributed by atoms with Crippen LogP contribution >= 0.6 is 0 Å². The maximum atomic E-state index is 10.9. The van der Waals surface area contributed by atoms with Gasteiger partial charge < -0.3 is 14.8 Å². The Balaban J connectivity index is 2.72. The average molecular weight is 191 g/mol. The van der Waals surface area contributed by atoms with Crippen LogP contribution in [0.25, 0.3) is 10.9 Å². The topological polar surface area (TPSA) is 62.3 Å². The van der Waals surface area contributed by atoms with E-state index in [1.54, 1.807) is 18.3 Å². The number of aromatic carboxylic acids is 1. The van der Waals surface area contributed by atoms with Gasteiger partial charge in [0.05, 0.1) is 7.11 Å². The number of fused-ring (bicyclic) bond motifs is 1. The van der Waals surface area contributed by atoms with E-state index >= 15 is 0 Å². The molecule has 0 radical (unpaired) electrons. The van der Waals surface area contributed by atoms with Crippen molar-refractivity contribution in [3.8, 4) is 5.75 Å². The Morgan fingerprint density at radius 1 is 1.50 bits per heavy atom. The van der Waals surface area contributed by atoms with Crippen LogP contribution in [0, 0.1) is 0 Å². The van der Waals surface area contributed by atoms with Crippen molar-refractivity contribution >= 4 is 16.9 Å². The van der Waals surface area contributed by atoms with Crippen LogP contribution in [0.3, 0.4) is 0 Å². The molecule has 0 saturated heterocycles. The quantitative estimate of drug-likeness (QED) is 0.761. The zero-order valence-corrected chi connectivity index (χ0v) is 7.57. The molecule has 4 heteroatoms. The summed E-state index contributed by atoms with van der Waals surface area (Å²) >= 11 is 0. The Bertz CT molecular complexity index is 487. The normalized spacial score (nSPS) is 10.4. The van der Waals surface area contributed by atoms with Crippen molar-refractivity contribution in [2.45, 2.75) is 0 Å². The number of nitrogens with one attached hydrogen (secondary N) is 1. The number of benzene rings is 1. The number of methoxy groups -OCH3 is 1. The van der Waals surface area contributed by atoms with E-state index < -0.39 is 5.97 Å². The Morgan fingerprint density at radius 3 is 2.93 bits per heavy atom. The van der Waals surface area contributed by atoms with Gasteiger partial charge in [0.1, 0.15) is 11.3 Å². The van der Waals surface area contributed by atoms with Crippen LogP contribution in [-0.4, -0.2) is 23.2 Å². The first-order valence-corrected chi connectivity index (χ1v) is 4.11. The van der Waals surface area contributed by atoms with Crippen molar-refractivity contribution in [2.24, 2.45) is 0 Å². The molecule has 1 aromatic heterocycles. The van der Waals surface area contributed by atoms with Gasteiger partial charge in [0.25, 0.3) is 0 Å². The molecule has 0 unspecified atom stereocenters. The van der Waals surface area contributed by atoms with Gasteiger partial charge in [-0.25, -0.2) is 4.79 Å². The zero-order chi connectivity index (χ0) is 10.1. The molecule has 0 aliphatic heterocycles. The lowest BCUT2D eigenvalue weighted by molar-refractivity contribution is 0.0693. The summed E-state index contributed by atoms with van der Waals surface area (Å²) in [5, 5.41) is 9.77. The summed E-state index contributed by atoms with van der Waals surface area (Å²) in [6, 6.07) is 5.09. The second-order valence-electron chi connectivity index (χ2n) is 2.92. The highest BCUT2D eigenvalue weighted by Crippen LogP contribution is 2.24. The molecular formula is C10H9NO3. The predicted molar refractivity (Wildman–Crippen MR) is 51.8 cm³/mol. The molecule has 0 atom stereocenters. The largest absolute Gasteiger partial charge is 0.496 e. The van der Waals surface area contributed by atoms with Crippen LogP contribution in [0.5, 0.6) is 5.75 Å². The second-order valence-corrected chi connectivity index (χ2v) is 2.92. The number of aromatic amines is 1. The molecule has 1 heterocycles. The van der Waals surface area contributed by atoms with Gasteiger partial charge >= 0.3 is 5.97 Å². The zero-order valence-electron chi connectivity index (χ0n) is 7.57. The SMILES string of the molecule is COc1cc2[nH]ccc2cc1C(=O)O. The van der Waals surface area contributed by atoms with E-state index in [2.05, 4.69) is 4.98 Å². The lowest BCUT2D eigenvalue weighted by Gasteiger charge is -2.04. The van der Waals surface area contributed by atoms with Crippen molar-refractivity contribution in [3.05, 3.63) is 30.0 Å². The van der Waals surface area contributed by atoms with E-state index in [1.165, 1.54) is 7.11 Å². The van der Waals surface area contributed by atoms with E-state index in [-0.39, 0.29) is 5.56 Å². The van der Waals surface area contributed by atoms with Gasteiger partial charge in [-0.05, 0) is 12.1 Å². The molecule has 0 aliphatic rings. The van der Waals surface area contributed by atoms with E-state index in [0.29, 0.717) is 5.75 Å². The van der Waals surface area contributed by atoms with Crippen LogP contribution in [0.15, 0.2) is 24.4 Å². The smallest absolute Gasteiger partial charge is 0.339 e. The number of carboxylic acid groups (broad SMARTS) is 1. The highest BCUT2D eigenvalue weighted by atomic mass is 16.5. The molecule has 2 aromatic rings. The third-order valence-electron chi connectivity index (χ3n) is 2.10. The van der Waals surface area contributed by atoms with Gasteiger partial charge in [0.2, 0.25) is 0 Å². The summed E-state index contributed by atoms with van der Waals surface area (Å²) in [5.74, 6) is -0.614. The van der Waals surface area contributed by atoms with E-state index in [0.717, 1.165) is 10.9 Å². The van der Waals surface area contributed by atoms with Gasteiger partial charge in [-0.15, -0.1) is 0 Å². The minimum absolute atomic E-state index is 0.180. The van der Waals surface area contributed by atoms with Crippen LogP contribution < -0.4 is 4.74 Å². The molecule has 0 fully saturated rings. The summed E-state index contributed by atoms with van der Waals surface area (Å²) in [6.07, 6.45) is 1.76. The monoisotopic (exact) mass is 191 g/mol. The first-order chi connectivity index (χ1) is 6.72. The van der Waals surface area contributed by atoms with Gasteiger partial charge in [-0.2, -0.15) is 0 Å². The maximum absolute atomic E-state index is 10.9. The van der Waals surface area contributed by atoms with Gasteiger partial charge in [0.15, 0.2) is 0 Å². The minimum atomic E-state index is -0.982. The molecular weight excluding hydrogens is 182 g/mol. The molecule has 0 aliphatic carbocycles. The van der Waals surface area contributed by atoms with Crippen LogP contribution in [0.4, 0.5) is 0 Å². The van der Waals surface area contributed by atoms with E-state index in [1.807, 2.05) is 6.07 Å². The number of aromatic nitrogens is 1. The third-order valence-corrected chi connectivity index (χ3v) is 2.10. The van der Waals surface area contributed by atoms with Crippen molar-refractivity contribution in [1.29, 1.82) is 0 Å². The molecule has 1 aromatic carbocycles. The standard InChI is InChI=1S/C10H9NO3/c1-14-9-5-8-6(2-3-11-8)4-7(9)10(12)13/h2-5,11H,1H3,(H,12,13). The lowest BCUT2D eigenvalue weighted by atomic mass is 10.1. The third kappa shape index (κ3) is 1.21. The summed E-state index contributed by atoms with van der Waals surface area (Å²) in [6.45, 7) is 0. The van der Waals surface area contributed by atoms with Crippen molar-refractivity contribution < 1.29 is 14.6 Å². The number of ether oxygens (including phenoxy) is 1. The summed E-state index contributed by atoms with van der Waals surface area (Å²) < 4.78 is 4.98. The number of hydrogen-bond donors (Lipinski definition) is 2. The van der Waals surface area contributed by atoms with Crippen LogP contribution in [0.1, 0.15) is 10.4 Å². The molecule has 14 heavy (non-hydrogen) atoms. The maximum Gasteiger partial charge on any atom is 0.339 e. The van der Waals surface area contributed by atoms with Gasteiger partial charge in [-0.1, -0.05) is 0 Å². The molecule has 0 bridgehead atoms. The lowest BCUT2D eigenvalue weighted by Crippen LogP contribution is -1.99. The highest BCUT2D eigenvalue weighted by molar-refractivity contribution is 5.96. The average Bonchev–Trinajstić information content (AvgIpc) is 2.62. The fourth-order valence-corrected chi connectivity index (χ4v) is 1.42. The predicted octanol–water partition coefficient (Wildman–Crippen LogP) is 1.87. The summed E-state index contributed by atoms with van der Waals surface area (Å²) in [4.78, 5) is 13.8. The fourth-order valence-electron chi connectivity index (χ4n) is 1.42. The molecule has 0 saturated carbocycles. The van der Waals surface area contributed by atoms with Crippen LogP contribution in [-0.2, 0) is 0 Å². The molecule has 2 N–H and O–H groups in total. The minimum Gasteiger partial charge on any atom is -0.496 e. The first-order valence-electron chi connectivity index (χ1n) is 4.11. The van der Waals surface area contributed by atoms with Crippen molar-refractivity contribution in [2.75, 3.05) is 7.11 Å². The molecule has 2 rings (SSSR count). The summed E-state index contributed by atoms with van der Waals surface area (Å²) in [7, 11) is 1.45. The number of carboxylic acids is 1. The number of rotatable bonds is 2. The summed E-state index contributed by atoms with van der Waals surface area (Å²) in [5.41, 5.74) is 1.05. The van der Waals surface area contributed by atoms with Crippen molar-refractivity contribution in [3.63, 3.8) is 0 Å². The molecule has 72 valence electrons. The van der Waals surface area contributed by atoms with E-state index in [9.17, 15) is 4.79 Å². The fraction of sp³-hybridized carbons (Fsp3) is 0.100. The second kappa shape index (κ2) is 3.06. The van der Waals surface area contributed by atoms with Crippen LogP contribution in [0.2, 0.25) is 0 Å². The number of H-pyrrole nitrogens is 1. The van der Waals surface area contributed by atoms with E-state index in [4.69, 9.17) is 9.84 Å². The Kier molecular flexibility index (Phi) is 1.89.